The number of sulfonamides is 1. The molecule has 198 valence electrons. The number of alkyl halides is 3. The third kappa shape index (κ3) is 6.92. The smallest absolute Gasteiger partial charge is 0.490 e. The zero-order valence-electron chi connectivity index (χ0n) is 20.0. The largest absolute Gasteiger partial charge is 0.494 e. The van der Waals surface area contributed by atoms with Gasteiger partial charge in [0.1, 0.15) is 17.1 Å². The van der Waals surface area contributed by atoms with Crippen LogP contribution in [0, 0.1) is 0 Å². The number of carboxylic acid groups (broad SMARTS) is 1. The fourth-order valence-electron chi connectivity index (χ4n) is 3.31. The number of hydrogen-bond acceptors (Lipinski definition) is 6. The summed E-state index contributed by atoms with van der Waals surface area (Å²) in [6.07, 6.45) is -4.19. The van der Waals surface area contributed by atoms with Gasteiger partial charge in [-0.25, -0.2) is 17.5 Å². The Morgan fingerprint density at radius 3 is 1.89 bits per heavy atom. The van der Waals surface area contributed by atoms with E-state index < -0.39 is 22.2 Å². The predicted octanol–water partition coefficient (Wildman–Crippen LogP) is 5.28. The molecule has 4 rings (SSSR count). The number of nitrogens with zero attached hydrogens (tertiary/aromatic N) is 2. The number of benzene rings is 3. The van der Waals surface area contributed by atoms with Gasteiger partial charge in [-0.3, -0.25) is 0 Å². The van der Waals surface area contributed by atoms with Crippen molar-refractivity contribution in [2.24, 2.45) is 0 Å². The number of carbonyl (C=O) groups is 1. The van der Waals surface area contributed by atoms with E-state index in [9.17, 15) is 21.6 Å². The minimum absolute atomic E-state index is 0.189. The van der Waals surface area contributed by atoms with E-state index in [2.05, 4.69) is 4.90 Å². The fraction of sp³-hybridized carbons (Fsp3) is 0.240. The molecule has 0 saturated heterocycles. The van der Waals surface area contributed by atoms with Crippen LogP contribution in [-0.2, 0) is 14.8 Å². The van der Waals surface area contributed by atoms with E-state index in [1.54, 1.807) is 60.7 Å². The Morgan fingerprint density at radius 1 is 0.946 bits per heavy atom. The molecule has 0 atom stereocenters. The van der Waals surface area contributed by atoms with Crippen molar-refractivity contribution in [3.05, 3.63) is 72.8 Å². The summed E-state index contributed by atoms with van der Waals surface area (Å²) in [5.41, 5.74) is 0.973. The van der Waals surface area contributed by atoms with E-state index in [1.165, 1.54) is 4.31 Å². The van der Waals surface area contributed by atoms with Gasteiger partial charge in [-0.1, -0.05) is 24.3 Å². The Morgan fingerprint density at radius 2 is 1.43 bits per heavy atom. The topological polar surface area (TPSA) is 96.4 Å². The number of para-hydroxylation sites is 4. The van der Waals surface area contributed by atoms with Crippen LogP contribution in [0.15, 0.2) is 77.7 Å². The summed E-state index contributed by atoms with van der Waals surface area (Å²) in [5.74, 6) is -1.11. The van der Waals surface area contributed by atoms with Gasteiger partial charge >= 0.3 is 12.1 Å². The zero-order chi connectivity index (χ0) is 27.2. The van der Waals surface area contributed by atoms with E-state index in [0.717, 1.165) is 13.0 Å². The molecule has 12 heteroatoms. The zero-order valence-corrected chi connectivity index (χ0v) is 20.8. The van der Waals surface area contributed by atoms with Crippen molar-refractivity contribution in [3.63, 3.8) is 0 Å². The van der Waals surface area contributed by atoms with Crippen molar-refractivity contribution in [3.8, 4) is 17.2 Å². The van der Waals surface area contributed by atoms with Crippen LogP contribution in [0.3, 0.4) is 0 Å². The average molecular weight is 539 g/mol. The maximum absolute atomic E-state index is 13.6. The summed E-state index contributed by atoms with van der Waals surface area (Å²) in [7, 11) is 0.180. The number of ether oxygens (including phenoxy) is 2. The molecule has 1 N–H and O–H groups in total. The number of carboxylic acids is 1. The van der Waals surface area contributed by atoms with Gasteiger partial charge in [0.05, 0.1) is 11.5 Å². The SMILES string of the molecule is CN(C)CCCOc1ccc(S(=O)(=O)N2c3ccccc3Oc3ccccc32)cc1.O=C(O)C(F)(F)F. The van der Waals surface area contributed by atoms with Gasteiger partial charge < -0.3 is 19.5 Å². The molecule has 0 bridgehead atoms. The van der Waals surface area contributed by atoms with E-state index in [-0.39, 0.29) is 4.90 Å². The molecule has 0 saturated carbocycles. The molecule has 3 aromatic carbocycles. The fourth-order valence-corrected chi connectivity index (χ4v) is 4.82. The van der Waals surface area contributed by atoms with Gasteiger partial charge in [-0.05, 0) is 69.0 Å². The molecule has 1 aliphatic rings. The predicted molar refractivity (Wildman–Crippen MR) is 131 cm³/mol. The Kier molecular flexibility index (Phi) is 8.66. The van der Waals surface area contributed by atoms with E-state index in [0.29, 0.717) is 35.2 Å². The molecule has 8 nitrogen and oxygen atoms in total. The quantitative estimate of drug-likeness (QED) is 0.409. The molecular formula is C25H25F3N2O6S. The Balaban J connectivity index is 0.000000479. The van der Waals surface area contributed by atoms with E-state index in [4.69, 9.17) is 19.4 Å². The Hall–Kier alpha value is -3.77. The van der Waals surface area contributed by atoms with Gasteiger partial charge in [0.25, 0.3) is 10.0 Å². The van der Waals surface area contributed by atoms with Crippen LogP contribution in [0.2, 0.25) is 0 Å². The van der Waals surface area contributed by atoms with Crippen molar-refractivity contribution >= 4 is 27.4 Å². The first-order valence-corrected chi connectivity index (χ1v) is 12.4. The Labute approximate surface area is 212 Å². The van der Waals surface area contributed by atoms with Crippen LogP contribution in [0.4, 0.5) is 24.5 Å². The van der Waals surface area contributed by atoms with Crippen molar-refractivity contribution < 1.29 is 41.0 Å². The first kappa shape index (κ1) is 27.8. The highest BCUT2D eigenvalue weighted by molar-refractivity contribution is 7.93. The van der Waals surface area contributed by atoms with Gasteiger partial charge in [-0.15, -0.1) is 0 Å². The second kappa shape index (κ2) is 11.5. The minimum atomic E-state index is -5.08. The monoisotopic (exact) mass is 538 g/mol. The summed E-state index contributed by atoms with van der Waals surface area (Å²) in [4.78, 5) is 11.2. The third-order valence-electron chi connectivity index (χ3n) is 5.01. The summed E-state index contributed by atoms with van der Waals surface area (Å²) in [6.45, 7) is 1.51. The van der Waals surface area contributed by atoms with Crippen molar-refractivity contribution in [1.82, 2.24) is 4.90 Å². The third-order valence-corrected chi connectivity index (χ3v) is 6.75. The van der Waals surface area contributed by atoms with Crippen LogP contribution in [0.25, 0.3) is 0 Å². The molecule has 0 fully saturated rings. The first-order valence-electron chi connectivity index (χ1n) is 11.0. The lowest BCUT2D eigenvalue weighted by molar-refractivity contribution is -0.192. The highest BCUT2D eigenvalue weighted by atomic mass is 32.2. The number of aliphatic carboxylic acids is 1. The average Bonchev–Trinajstić information content (AvgIpc) is 2.85. The maximum atomic E-state index is 13.6. The summed E-state index contributed by atoms with van der Waals surface area (Å²) in [6, 6.07) is 20.8. The highest BCUT2D eigenvalue weighted by Gasteiger charge is 2.38. The number of fused-ring (bicyclic) bond motifs is 2. The van der Waals surface area contributed by atoms with E-state index >= 15 is 0 Å². The lowest BCUT2D eigenvalue weighted by atomic mass is 10.2. The second-order valence-corrected chi connectivity index (χ2v) is 9.87. The number of rotatable bonds is 7. The van der Waals surface area contributed by atoms with Crippen molar-refractivity contribution in [2.75, 3.05) is 31.6 Å². The number of anilines is 2. The van der Waals surface area contributed by atoms with Gasteiger partial charge in [0.15, 0.2) is 11.5 Å². The van der Waals surface area contributed by atoms with Crippen LogP contribution in [0.5, 0.6) is 17.2 Å². The van der Waals surface area contributed by atoms with Crippen LogP contribution < -0.4 is 13.8 Å². The van der Waals surface area contributed by atoms with Gasteiger partial charge in [0, 0.05) is 6.54 Å². The van der Waals surface area contributed by atoms with Crippen LogP contribution in [0.1, 0.15) is 6.42 Å². The molecule has 1 aliphatic heterocycles. The lowest BCUT2D eigenvalue weighted by Gasteiger charge is -2.31. The molecular weight excluding hydrogens is 513 g/mol. The van der Waals surface area contributed by atoms with E-state index in [1.807, 2.05) is 26.2 Å². The second-order valence-electron chi connectivity index (χ2n) is 8.09. The molecule has 0 spiro atoms. The minimum Gasteiger partial charge on any atom is -0.494 e. The number of hydrogen-bond donors (Lipinski definition) is 1. The molecule has 0 radical (unpaired) electrons. The van der Waals surface area contributed by atoms with Crippen molar-refractivity contribution in [2.45, 2.75) is 17.5 Å². The lowest BCUT2D eigenvalue weighted by Crippen LogP contribution is -2.28. The normalized spacial score (nSPS) is 12.5. The van der Waals surface area contributed by atoms with Crippen molar-refractivity contribution in [1.29, 1.82) is 0 Å². The molecule has 3 aromatic rings. The van der Waals surface area contributed by atoms with Gasteiger partial charge in [-0.2, -0.15) is 13.2 Å². The first-order chi connectivity index (χ1) is 17.4. The summed E-state index contributed by atoms with van der Waals surface area (Å²) >= 11 is 0. The maximum Gasteiger partial charge on any atom is 0.490 e. The van der Waals surface area contributed by atoms with Crippen LogP contribution >= 0.6 is 0 Å². The standard InChI is InChI=1S/C23H24N2O4S.C2HF3O2/c1-24(2)16-7-17-28-18-12-14-19(15-13-18)30(26,27)25-20-8-3-5-10-22(20)29-23-11-6-4-9-21(23)25;3-2(4,5)1(6)7/h3-6,8-15H,7,16-17H2,1-2H3;(H,6,7). The highest BCUT2D eigenvalue weighted by Crippen LogP contribution is 2.48. The molecule has 0 unspecified atom stereocenters. The molecule has 0 aliphatic carbocycles. The summed E-state index contributed by atoms with van der Waals surface area (Å²) in [5, 5.41) is 7.12. The number of halogens is 3. The molecule has 0 amide bonds. The molecule has 1 heterocycles. The summed E-state index contributed by atoms with van der Waals surface area (Å²) < 4.78 is 71.9. The molecule has 37 heavy (non-hydrogen) atoms. The molecule has 0 aromatic heterocycles. The van der Waals surface area contributed by atoms with Gasteiger partial charge in [0.2, 0.25) is 0 Å². The Bertz CT molecular complexity index is 1280. The van der Waals surface area contributed by atoms with Crippen LogP contribution in [-0.4, -0.2) is 57.8 Å².